The van der Waals surface area contributed by atoms with Crippen LogP contribution in [0.25, 0.3) is 28.2 Å². The Kier molecular flexibility index (Phi) is 5.97. The summed E-state index contributed by atoms with van der Waals surface area (Å²) in [6.07, 6.45) is -2.21. The molecule has 0 aliphatic rings. The molecule has 0 aliphatic carbocycles. The van der Waals surface area contributed by atoms with Crippen LogP contribution < -0.4 is 5.32 Å². The smallest absolute Gasteiger partial charge is 0.449 e. The molecule has 0 saturated carbocycles. The second-order valence-corrected chi connectivity index (χ2v) is 7.10. The highest BCUT2D eigenvalue weighted by atomic mass is 35.5. The molecular formula is C21H13ClF3N5O3. The van der Waals surface area contributed by atoms with Crippen molar-refractivity contribution in [3.05, 3.63) is 65.9 Å². The second-order valence-electron chi connectivity index (χ2n) is 6.66. The third-order valence-corrected chi connectivity index (χ3v) is 4.59. The molecule has 0 unspecified atom stereocenters. The molecule has 4 aromatic rings. The number of amides is 1. The van der Waals surface area contributed by atoms with Gasteiger partial charge in [0, 0.05) is 28.5 Å². The molecule has 3 aromatic heterocycles. The average Bonchev–Trinajstić information content (AvgIpc) is 3.17. The summed E-state index contributed by atoms with van der Waals surface area (Å²) in [5.74, 6) is -3.41. The molecule has 3 heterocycles. The number of anilines is 1. The van der Waals surface area contributed by atoms with Gasteiger partial charge in [-0.2, -0.15) is 18.3 Å². The third-order valence-electron chi connectivity index (χ3n) is 4.36. The predicted molar refractivity (Wildman–Crippen MR) is 112 cm³/mol. The zero-order valence-corrected chi connectivity index (χ0v) is 17.3. The number of alkyl halides is 3. The summed E-state index contributed by atoms with van der Waals surface area (Å²) in [6.45, 7) is -1.12. The highest BCUT2D eigenvalue weighted by Crippen LogP contribution is 2.33. The predicted octanol–water partition coefficient (Wildman–Crippen LogP) is 4.16. The van der Waals surface area contributed by atoms with Crippen molar-refractivity contribution in [2.24, 2.45) is 0 Å². The number of fused-ring (bicyclic) bond motifs is 1. The topological polar surface area (TPSA) is 98.5 Å². The molecule has 4 rings (SSSR count). The summed E-state index contributed by atoms with van der Waals surface area (Å²) in [6, 6.07) is 13.7. The minimum atomic E-state index is -5.19. The lowest BCUT2D eigenvalue weighted by atomic mass is 10.1. The summed E-state index contributed by atoms with van der Waals surface area (Å²) >= 11 is 6.14. The number of esters is 1. The maximum atomic E-state index is 12.2. The van der Waals surface area contributed by atoms with Gasteiger partial charge in [0.2, 0.25) is 0 Å². The molecule has 12 heteroatoms. The highest BCUT2D eigenvalue weighted by molar-refractivity contribution is 6.30. The molecular weight excluding hydrogens is 463 g/mol. The Balaban J connectivity index is 1.66. The Hall–Kier alpha value is -3.99. The number of nitrogens with one attached hydrogen (secondary N) is 1. The Morgan fingerprint density at radius 3 is 2.64 bits per heavy atom. The van der Waals surface area contributed by atoms with E-state index in [1.54, 1.807) is 47.1 Å². The minimum absolute atomic E-state index is 0.0310. The van der Waals surface area contributed by atoms with Crippen LogP contribution >= 0.6 is 11.6 Å². The van der Waals surface area contributed by atoms with Crippen molar-refractivity contribution in [1.82, 2.24) is 19.6 Å². The van der Waals surface area contributed by atoms with Crippen molar-refractivity contribution >= 4 is 34.9 Å². The zero-order chi connectivity index (χ0) is 23.6. The monoisotopic (exact) mass is 475 g/mol. The van der Waals surface area contributed by atoms with Crippen molar-refractivity contribution in [3.63, 3.8) is 0 Å². The molecule has 1 aromatic carbocycles. The third kappa shape index (κ3) is 4.93. The van der Waals surface area contributed by atoms with E-state index in [0.717, 1.165) is 5.56 Å². The van der Waals surface area contributed by atoms with E-state index in [4.69, 9.17) is 11.6 Å². The fourth-order valence-electron chi connectivity index (χ4n) is 3.02. The Morgan fingerprint density at radius 1 is 1.06 bits per heavy atom. The van der Waals surface area contributed by atoms with E-state index in [1.807, 2.05) is 6.07 Å². The number of nitrogens with zero attached hydrogens (tertiary/aromatic N) is 4. The van der Waals surface area contributed by atoms with Gasteiger partial charge < -0.3 is 10.1 Å². The van der Waals surface area contributed by atoms with E-state index in [-0.39, 0.29) is 5.82 Å². The van der Waals surface area contributed by atoms with Crippen LogP contribution in [0.15, 0.2) is 60.9 Å². The normalized spacial score (nSPS) is 11.4. The van der Waals surface area contributed by atoms with Crippen LogP contribution in [0.1, 0.15) is 0 Å². The Bertz CT molecular complexity index is 1360. The molecule has 168 valence electrons. The first-order chi connectivity index (χ1) is 15.7. The molecule has 0 spiro atoms. The first-order valence-electron chi connectivity index (χ1n) is 9.32. The summed E-state index contributed by atoms with van der Waals surface area (Å²) in [4.78, 5) is 31.4. The van der Waals surface area contributed by atoms with Gasteiger partial charge >= 0.3 is 12.1 Å². The van der Waals surface area contributed by atoms with Crippen molar-refractivity contribution in [1.29, 1.82) is 0 Å². The van der Waals surface area contributed by atoms with Crippen LogP contribution in [0, 0.1) is 0 Å². The first-order valence-corrected chi connectivity index (χ1v) is 9.70. The number of carbonyl (C=O) groups is 2. The Morgan fingerprint density at radius 2 is 1.88 bits per heavy atom. The number of hydrogen-bond donors (Lipinski definition) is 1. The molecule has 0 atom stereocenters. The number of rotatable bonds is 5. The van der Waals surface area contributed by atoms with E-state index in [1.165, 1.54) is 12.3 Å². The lowest BCUT2D eigenvalue weighted by Gasteiger charge is -2.09. The molecule has 1 amide bonds. The molecule has 8 nitrogen and oxygen atoms in total. The van der Waals surface area contributed by atoms with Gasteiger partial charge in [-0.1, -0.05) is 23.7 Å². The van der Waals surface area contributed by atoms with E-state index >= 15 is 0 Å². The summed E-state index contributed by atoms with van der Waals surface area (Å²) in [7, 11) is 0. The van der Waals surface area contributed by atoms with Crippen LogP contribution in [0.3, 0.4) is 0 Å². The summed E-state index contributed by atoms with van der Waals surface area (Å²) in [5.41, 5.74) is 3.00. The van der Waals surface area contributed by atoms with Crippen LogP contribution in [0.4, 0.5) is 19.0 Å². The lowest BCUT2D eigenvalue weighted by molar-refractivity contribution is -0.199. The van der Waals surface area contributed by atoms with Gasteiger partial charge in [-0.05, 0) is 36.4 Å². The molecule has 0 saturated heterocycles. The fourth-order valence-corrected chi connectivity index (χ4v) is 3.21. The van der Waals surface area contributed by atoms with Crippen LogP contribution in [0.2, 0.25) is 5.02 Å². The van der Waals surface area contributed by atoms with Crippen molar-refractivity contribution < 1.29 is 27.5 Å². The molecule has 0 radical (unpaired) electrons. The number of hydrogen-bond acceptors (Lipinski definition) is 6. The van der Waals surface area contributed by atoms with Gasteiger partial charge in [-0.15, -0.1) is 0 Å². The van der Waals surface area contributed by atoms with Crippen LogP contribution in [-0.4, -0.2) is 44.2 Å². The van der Waals surface area contributed by atoms with Crippen molar-refractivity contribution in [2.45, 2.75) is 6.18 Å². The quantitative estimate of drug-likeness (QED) is 0.435. The number of carbonyl (C=O) groups excluding carboxylic acids is 2. The number of pyridine rings is 1. The number of aromatic nitrogens is 4. The van der Waals surface area contributed by atoms with Crippen LogP contribution in [-0.2, 0) is 14.3 Å². The van der Waals surface area contributed by atoms with E-state index in [0.29, 0.717) is 27.6 Å². The van der Waals surface area contributed by atoms with E-state index in [2.05, 4.69) is 25.1 Å². The van der Waals surface area contributed by atoms with E-state index in [9.17, 15) is 22.8 Å². The largest absolute Gasteiger partial charge is 0.490 e. The number of benzene rings is 1. The standard InChI is InChI=1S/C21H13ClF3N5O3/c22-14-4-1-3-12(9-14)18-19(30-16(29-18)5-2-7-27-30)13-6-8-26-15(10-13)28-17(31)11-33-20(32)21(23,24)25/h1-10H,11H2,(H,26,28,31). The maximum Gasteiger partial charge on any atom is 0.490 e. The molecule has 1 N–H and O–H groups in total. The number of imidazole rings is 1. The van der Waals surface area contributed by atoms with Crippen LogP contribution in [0.5, 0.6) is 0 Å². The average molecular weight is 476 g/mol. The second kappa shape index (κ2) is 8.87. The molecule has 0 bridgehead atoms. The number of halogens is 4. The fraction of sp³-hybridized carbons (Fsp3) is 0.0952. The summed E-state index contributed by atoms with van der Waals surface area (Å²) in [5, 5.41) is 7.15. The van der Waals surface area contributed by atoms with E-state index < -0.39 is 24.7 Å². The van der Waals surface area contributed by atoms with Crippen molar-refractivity contribution in [2.75, 3.05) is 11.9 Å². The SMILES string of the molecule is O=C(COC(=O)C(F)(F)F)Nc1cc(-c2c(-c3cccc(Cl)c3)nc3cccnn23)ccn1. The molecule has 33 heavy (non-hydrogen) atoms. The van der Waals surface area contributed by atoms with Gasteiger partial charge in [0.25, 0.3) is 5.91 Å². The summed E-state index contributed by atoms with van der Waals surface area (Å²) < 4.78 is 42.2. The highest BCUT2D eigenvalue weighted by Gasteiger charge is 2.41. The number of ether oxygens (including phenoxy) is 1. The van der Waals surface area contributed by atoms with Crippen molar-refractivity contribution in [3.8, 4) is 22.5 Å². The van der Waals surface area contributed by atoms with Gasteiger partial charge in [-0.25, -0.2) is 19.3 Å². The Labute approximate surface area is 189 Å². The van der Waals surface area contributed by atoms with Gasteiger partial charge in [0.1, 0.15) is 11.5 Å². The van der Waals surface area contributed by atoms with Gasteiger partial charge in [0.05, 0.1) is 5.69 Å². The molecule has 0 fully saturated rings. The van der Waals surface area contributed by atoms with Gasteiger partial charge in [-0.3, -0.25) is 4.79 Å². The minimum Gasteiger partial charge on any atom is -0.449 e. The maximum absolute atomic E-state index is 12.2. The first kappa shape index (κ1) is 22.2. The lowest BCUT2D eigenvalue weighted by Crippen LogP contribution is -2.29. The zero-order valence-electron chi connectivity index (χ0n) is 16.5. The molecule has 0 aliphatic heterocycles. The van der Waals surface area contributed by atoms with Gasteiger partial charge in [0.15, 0.2) is 12.3 Å².